The van der Waals surface area contributed by atoms with E-state index in [0.29, 0.717) is 13.1 Å². The molecule has 2 aromatic rings. The van der Waals surface area contributed by atoms with Crippen molar-refractivity contribution in [1.29, 1.82) is 0 Å². The molecule has 28 heavy (non-hydrogen) atoms. The second-order valence-corrected chi connectivity index (χ2v) is 8.93. The SMILES string of the molecule is Cc1ccc(-c2cccs2)cc1NC(=O)OCC1CN(C(=O)OC(C)(C)C)C1. The summed E-state index contributed by atoms with van der Waals surface area (Å²) in [6.07, 6.45) is -0.809. The van der Waals surface area contributed by atoms with Crippen molar-refractivity contribution in [3.8, 4) is 10.4 Å². The number of nitrogens with one attached hydrogen (secondary N) is 1. The number of anilines is 1. The van der Waals surface area contributed by atoms with E-state index in [2.05, 4.69) is 5.32 Å². The zero-order valence-electron chi connectivity index (χ0n) is 16.7. The van der Waals surface area contributed by atoms with E-state index in [9.17, 15) is 9.59 Å². The van der Waals surface area contributed by atoms with Gasteiger partial charge in [0.1, 0.15) is 5.60 Å². The van der Waals surface area contributed by atoms with Crippen LogP contribution < -0.4 is 5.32 Å². The van der Waals surface area contributed by atoms with E-state index in [1.54, 1.807) is 16.2 Å². The lowest BCUT2D eigenvalue weighted by Crippen LogP contribution is -2.53. The maximum absolute atomic E-state index is 12.2. The number of carbonyl (C=O) groups excluding carboxylic acids is 2. The number of benzene rings is 1. The lowest BCUT2D eigenvalue weighted by molar-refractivity contribution is -0.0108. The summed E-state index contributed by atoms with van der Waals surface area (Å²) in [5.74, 6) is 0.136. The van der Waals surface area contributed by atoms with E-state index in [1.807, 2.05) is 63.4 Å². The van der Waals surface area contributed by atoms with Crippen LogP contribution in [0.15, 0.2) is 35.7 Å². The van der Waals surface area contributed by atoms with Gasteiger partial charge in [-0.2, -0.15) is 0 Å². The number of hydrogen-bond acceptors (Lipinski definition) is 5. The summed E-state index contributed by atoms with van der Waals surface area (Å²) in [5, 5.41) is 4.84. The summed E-state index contributed by atoms with van der Waals surface area (Å²) in [4.78, 5) is 26.9. The molecule has 0 atom stereocenters. The Hall–Kier alpha value is -2.54. The first-order valence-electron chi connectivity index (χ1n) is 9.27. The molecule has 0 saturated carbocycles. The van der Waals surface area contributed by atoms with Crippen molar-refractivity contribution in [2.75, 3.05) is 25.0 Å². The van der Waals surface area contributed by atoms with Crippen molar-refractivity contribution < 1.29 is 19.1 Å². The quantitative estimate of drug-likeness (QED) is 0.769. The number of ether oxygens (including phenoxy) is 2. The third-order valence-electron chi connectivity index (χ3n) is 4.34. The Morgan fingerprint density at radius 3 is 2.64 bits per heavy atom. The molecule has 2 heterocycles. The minimum Gasteiger partial charge on any atom is -0.449 e. The van der Waals surface area contributed by atoms with E-state index in [-0.39, 0.29) is 18.6 Å². The average molecular weight is 403 g/mol. The summed E-state index contributed by atoms with van der Waals surface area (Å²) in [7, 11) is 0. The predicted molar refractivity (Wildman–Crippen MR) is 111 cm³/mol. The largest absolute Gasteiger partial charge is 0.449 e. The fourth-order valence-corrected chi connectivity index (χ4v) is 3.57. The molecule has 0 bridgehead atoms. The summed E-state index contributed by atoms with van der Waals surface area (Å²) in [6.45, 7) is 8.80. The van der Waals surface area contributed by atoms with Gasteiger partial charge in [0.25, 0.3) is 0 Å². The van der Waals surface area contributed by atoms with E-state index >= 15 is 0 Å². The van der Waals surface area contributed by atoms with Gasteiger partial charge in [-0.15, -0.1) is 11.3 Å². The molecule has 150 valence electrons. The second kappa shape index (κ2) is 8.22. The van der Waals surface area contributed by atoms with Gasteiger partial charge in [-0.1, -0.05) is 18.2 Å². The Kier molecular flexibility index (Phi) is 5.93. The van der Waals surface area contributed by atoms with Gasteiger partial charge in [-0.25, -0.2) is 9.59 Å². The molecular weight excluding hydrogens is 376 g/mol. The van der Waals surface area contributed by atoms with Crippen LogP contribution in [-0.2, 0) is 9.47 Å². The van der Waals surface area contributed by atoms with Gasteiger partial charge in [-0.05, 0) is 56.3 Å². The summed E-state index contributed by atoms with van der Waals surface area (Å²) in [6, 6.07) is 10.0. The molecule has 7 heteroatoms. The number of hydrogen-bond donors (Lipinski definition) is 1. The molecule has 1 fully saturated rings. The Morgan fingerprint density at radius 2 is 2.00 bits per heavy atom. The zero-order valence-corrected chi connectivity index (χ0v) is 17.5. The van der Waals surface area contributed by atoms with E-state index in [1.165, 1.54) is 0 Å². The normalized spacial score (nSPS) is 14.4. The summed E-state index contributed by atoms with van der Waals surface area (Å²) in [5.41, 5.74) is 2.26. The zero-order chi connectivity index (χ0) is 20.3. The number of rotatable bonds is 4. The highest BCUT2D eigenvalue weighted by atomic mass is 32.1. The van der Waals surface area contributed by atoms with Gasteiger partial charge in [0, 0.05) is 29.6 Å². The van der Waals surface area contributed by atoms with Gasteiger partial charge < -0.3 is 14.4 Å². The van der Waals surface area contributed by atoms with Crippen LogP contribution in [0.4, 0.5) is 15.3 Å². The molecule has 1 aliphatic heterocycles. The van der Waals surface area contributed by atoms with Crippen LogP contribution in [0.5, 0.6) is 0 Å². The van der Waals surface area contributed by atoms with Gasteiger partial charge >= 0.3 is 12.2 Å². The van der Waals surface area contributed by atoms with E-state index < -0.39 is 11.7 Å². The smallest absolute Gasteiger partial charge is 0.411 e. The molecule has 3 rings (SSSR count). The average Bonchev–Trinajstić information content (AvgIpc) is 3.08. The molecule has 0 aliphatic carbocycles. The predicted octanol–water partition coefficient (Wildman–Crippen LogP) is 5.14. The third kappa shape index (κ3) is 5.25. The topological polar surface area (TPSA) is 67.9 Å². The van der Waals surface area contributed by atoms with Crippen molar-refractivity contribution in [2.24, 2.45) is 5.92 Å². The molecular formula is C21H26N2O4S. The molecule has 1 saturated heterocycles. The first kappa shape index (κ1) is 20.2. The van der Waals surface area contributed by atoms with Gasteiger partial charge in [0.2, 0.25) is 0 Å². The number of carbonyl (C=O) groups is 2. The molecule has 1 aliphatic rings. The van der Waals surface area contributed by atoms with Crippen LogP contribution in [-0.4, -0.2) is 42.4 Å². The number of nitrogens with zero attached hydrogens (tertiary/aromatic N) is 1. The van der Waals surface area contributed by atoms with Gasteiger partial charge in [0.05, 0.1) is 6.61 Å². The van der Waals surface area contributed by atoms with Crippen molar-refractivity contribution in [3.63, 3.8) is 0 Å². The number of aryl methyl sites for hydroxylation is 1. The molecule has 1 aromatic carbocycles. The standard InChI is InChI=1S/C21H26N2O4S/c1-14-7-8-16(18-6-5-9-28-18)10-17(14)22-19(24)26-13-15-11-23(12-15)20(25)27-21(2,3)4/h5-10,15H,11-13H2,1-4H3,(H,22,24). The number of likely N-dealkylation sites (tertiary alicyclic amines) is 1. The molecule has 1 N–H and O–H groups in total. The molecule has 0 radical (unpaired) electrons. The van der Waals surface area contributed by atoms with Crippen molar-refractivity contribution >= 4 is 29.2 Å². The highest BCUT2D eigenvalue weighted by Crippen LogP contribution is 2.29. The van der Waals surface area contributed by atoms with Crippen LogP contribution in [0.2, 0.25) is 0 Å². The fraction of sp³-hybridized carbons (Fsp3) is 0.429. The van der Waals surface area contributed by atoms with Crippen LogP contribution in [0, 0.1) is 12.8 Å². The Labute approximate surface area is 169 Å². The molecule has 1 aromatic heterocycles. The number of thiophene rings is 1. The third-order valence-corrected chi connectivity index (χ3v) is 5.26. The van der Waals surface area contributed by atoms with Crippen LogP contribution in [0.1, 0.15) is 26.3 Å². The lowest BCUT2D eigenvalue weighted by atomic mass is 10.0. The highest BCUT2D eigenvalue weighted by Gasteiger charge is 2.34. The maximum Gasteiger partial charge on any atom is 0.411 e. The Balaban J connectivity index is 1.46. The summed E-state index contributed by atoms with van der Waals surface area (Å²) < 4.78 is 10.7. The Bertz CT molecular complexity index is 837. The highest BCUT2D eigenvalue weighted by molar-refractivity contribution is 7.13. The van der Waals surface area contributed by atoms with Crippen LogP contribution in [0.25, 0.3) is 10.4 Å². The maximum atomic E-state index is 12.2. The first-order valence-corrected chi connectivity index (χ1v) is 10.2. The molecule has 2 amide bonds. The van der Waals surface area contributed by atoms with Crippen LogP contribution >= 0.6 is 11.3 Å². The van der Waals surface area contributed by atoms with Crippen molar-refractivity contribution in [2.45, 2.75) is 33.3 Å². The minimum atomic E-state index is -0.506. The van der Waals surface area contributed by atoms with Gasteiger partial charge in [-0.3, -0.25) is 5.32 Å². The fourth-order valence-electron chi connectivity index (χ4n) is 2.84. The first-order chi connectivity index (χ1) is 13.2. The van der Waals surface area contributed by atoms with E-state index in [4.69, 9.17) is 9.47 Å². The van der Waals surface area contributed by atoms with E-state index in [0.717, 1.165) is 21.7 Å². The molecule has 6 nitrogen and oxygen atoms in total. The lowest BCUT2D eigenvalue weighted by Gasteiger charge is -2.39. The number of amides is 2. The summed E-state index contributed by atoms with van der Waals surface area (Å²) >= 11 is 1.65. The van der Waals surface area contributed by atoms with Crippen molar-refractivity contribution in [1.82, 2.24) is 4.90 Å². The minimum absolute atomic E-state index is 0.136. The van der Waals surface area contributed by atoms with Crippen molar-refractivity contribution in [3.05, 3.63) is 41.3 Å². The van der Waals surface area contributed by atoms with Gasteiger partial charge in [0.15, 0.2) is 0 Å². The monoisotopic (exact) mass is 402 g/mol. The molecule has 0 unspecified atom stereocenters. The Morgan fingerprint density at radius 1 is 1.25 bits per heavy atom. The van der Waals surface area contributed by atoms with Crippen LogP contribution in [0.3, 0.4) is 0 Å². The molecule has 0 spiro atoms. The second-order valence-electron chi connectivity index (χ2n) is 7.98.